The van der Waals surface area contributed by atoms with Gasteiger partial charge in [0.05, 0.1) is 23.7 Å². The van der Waals surface area contributed by atoms with Gasteiger partial charge in [-0.1, -0.05) is 17.8 Å². The number of imidazole rings is 1. The molecule has 0 aliphatic rings. The number of ether oxygens (including phenoxy) is 1. The number of fused-ring (bicyclic) bond motifs is 1. The predicted octanol–water partition coefficient (Wildman–Crippen LogP) is 3.65. The standard InChI is InChI=1S/C24H21N7O3S/c1-34-23-16(3-2-8-26-23)14-5-7-20(32)17(11-14)21-29-18-6-4-15(12-19(18)30-21)22(33)25-9-10-35-24-27-13-28-31-24/h2-8,11-13,32H,9-10H2,1H3,(H,25,33)(H,29,30)(H,27,28,31). The summed E-state index contributed by atoms with van der Waals surface area (Å²) in [5.74, 6) is 1.53. The average molecular weight is 488 g/mol. The fraction of sp³-hybridized carbons (Fsp3) is 0.125. The molecule has 3 heterocycles. The van der Waals surface area contributed by atoms with Crippen molar-refractivity contribution in [2.75, 3.05) is 19.4 Å². The maximum Gasteiger partial charge on any atom is 0.251 e. The first-order chi connectivity index (χ1) is 17.1. The molecule has 0 spiro atoms. The Morgan fingerprint density at radius 1 is 1.14 bits per heavy atom. The molecule has 2 aromatic carbocycles. The topological polar surface area (TPSA) is 142 Å². The van der Waals surface area contributed by atoms with Gasteiger partial charge < -0.3 is 20.1 Å². The number of nitrogens with one attached hydrogen (secondary N) is 3. The maximum atomic E-state index is 12.6. The molecule has 0 unspecified atom stereocenters. The molecule has 10 nitrogen and oxygen atoms in total. The molecule has 0 saturated heterocycles. The molecule has 176 valence electrons. The molecule has 0 saturated carbocycles. The summed E-state index contributed by atoms with van der Waals surface area (Å²) in [7, 11) is 1.57. The third-order valence-corrected chi connectivity index (χ3v) is 6.17. The van der Waals surface area contributed by atoms with Crippen LogP contribution in [0.1, 0.15) is 10.4 Å². The second-order valence-corrected chi connectivity index (χ2v) is 8.59. The van der Waals surface area contributed by atoms with Crippen LogP contribution in [0.4, 0.5) is 0 Å². The maximum absolute atomic E-state index is 12.6. The quantitative estimate of drug-likeness (QED) is 0.192. The van der Waals surface area contributed by atoms with Crippen LogP contribution in [0.5, 0.6) is 11.6 Å². The fourth-order valence-corrected chi connectivity index (χ4v) is 4.26. The lowest BCUT2D eigenvalue weighted by Gasteiger charge is -2.09. The van der Waals surface area contributed by atoms with Gasteiger partial charge in [-0.05, 0) is 48.0 Å². The lowest BCUT2D eigenvalue weighted by Crippen LogP contribution is -2.25. The van der Waals surface area contributed by atoms with Crippen molar-refractivity contribution in [2.45, 2.75) is 5.16 Å². The Morgan fingerprint density at radius 3 is 2.89 bits per heavy atom. The molecule has 35 heavy (non-hydrogen) atoms. The number of rotatable bonds is 8. The zero-order valence-electron chi connectivity index (χ0n) is 18.6. The number of hydrogen-bond donors (Lipinski definition) is 4. The number of aromatic amines is 2. The van der Waals surface area contributed by atoms with Gasteiger partial charge >= 0.3 is 0 Å². The van der Waals surface area contributed by atoms with Gasteiger partial charge in [-0.3, -0.25) is 9.89 Å². The Kier molecular flexibility index (Phi) is 6.31. The van der Waals surface area contributed by atoms with Crippen LogP contribution < -0.4 is 10.1 Å². The number of methoxy groups -OCH3 is 1. The normalized spacial score (nSPS) is 11.0. The minimum atomic E-state index is -0.192. The Balaban J connectivity index is 1.36. The van der Waals surface area contributed by atoms with Gasteiger partial charge in [-0.25, -0.2) is 15.0 Å². The number of carbonyl (C=O) groups is 1. The number of phenolic OH excluding ortho intramolecular Hbond substituents is 1. The number of aromatic nitrogens is 6. The molecule has 0 aliphatic carbocycles. The first-order valence-corrected chi connectivity index (χ1v) is 11.7. The van der Waals surface area contributed by atoms with Crippen LogP contribution in [-0.4, -0.2) is 60.6 Å². The van der Waals surface area contributed by atoms with E-state index < -0.39 is 0 Å². The molecule has 0 bridgehead atoms. The van der Waals surface area contributed by atoms with E-state index in [1.54, 1.807) is 43.6 Å². The van der Waals surface area contributed by atoms with E-state index in [-0.39, 0.29) is 11.7 Å². The summed E-state index contributed by atoms with van der Waals surface area (Å²) < 4.78 is 5.37. The molecular weight excluding hydrogens is 466 g/mol. The van der Waals surface area contributed by atoms with Crippen molar-refractivity contribution in [1.82, 2.24) is 35.5 Å². The summed E-state index contributed by atoms with van der Waals surface area (Å²) in [6, 6.07) is 14.2. The lowest BCUT2D eigenvalue weighted by atomic mass is 10.0. The van der Waals surface area contributed by atoms with E-state index in [1.807, 2.05) is 18.2 Å². The second-order valence-electron chi connectivity index (χ2n) is 7.50. The van der Waals surface area contributed by atoms with Gasteiger partial charge in [0.1, 0.15) is 17.9 Å². The monoisotopic (exact) mass is 487 g/mol. The van der Waals surface area contributed by atoms with Crippen molar-refractivity contribution in [2.24, 2.45) is 0 Å². The molecule has 5 aromatic rings. The van der Waals surface area contributed by atoms with Crippen molar-refractivity contribution in [3.05, 3.63) is 66.6 Å². The van der Waals surface area contributed by atoms with E-state index in [0.29, 0.717) is 45.8 Å². The van der Waals surface area contributed by atoms with Gasteiger partial charge in [-0.2, -0.15) is 5.10 Å². The zero-order valence-corrected chi connectivity index (χ0v) is 19.5. The lowest BCUT2D eigenvalue weighted by molar-refractivity contribution is 0.0956. The average Bonchev–Trinajstić information content (AvgIpc) is 3.56. The first kappa shape index (κ1) is 22.4. The molecule has 0 radical (unpaired) electrons. The smallest absolute Gasteiger partial charge is 0.251 e. The van der Waals surface area contributed by atoms with E-state index in [2.05, 4.69) is 35.5 Å². The number of H-pyrrole nitrogens is 2. The largest absolute Gasteiger partial charge is 0.507 e. The first-order valence-electron chi connectivity index (χ1n) is 10.7. The van der Waals surface area contributed by atoms with Crippen LogP contribution in [0.15, 0.2) is 66.2 Å². The van der Waals surface area contributed by atoms with E-state index >= 15 is 0 Å². The number of aromatic hydroxyl groups is 1. The van der Waals surface area contributed by atoms with Gasteiger partial charge in [0.2, 0.25) is 5.88 Å². The summed E-state index contributed by atoms with van der Waals surface area (Å²) in [5, 5.41) is 20.7. The molecular formula is C24H21N7O3S. The summed E-state index contributed by atoms with van der Waals surface area (Å²) in [4.78, 5) is 28.7. The van der Waals surface area contributed by atoms with E-state index in [9.17, 15) is 9.90 Å². The van der Waals surface area contributed by atoms with E-state index in [4.69, 9.17) is 4.74 Å². The molecule has 0 fully saturated rings. The van der Waals surface area contributed by atoms with Gasteiger partial charge in [-0.15, -0.1) is 0 Å². The van der Waals surface area contributed by atoms with E-state index in [0.717, 1.165) is 16.6 Å². The van der Waals surface area contributed by atoms with Gasteiger partial charge in [0, 0.05) is 29.6 Å². The Hall–Kier alpha value is -4.38. The highest BCUT2D eigenvalue weighted by Crippen LogP contribution is 2.35. The molecule has 1 amide bonds. The molecule has 5 rings (SSSR count). The van der Waals surface area contributed by atoms with Crippen molar-refractivity contribution >= 4 is 28.7 Å². The highest BCUT2D eigenvalue weighted by atomic mass is 32.2. The SMILES string of the molecule is COc1ncccc1-c1ccc(O)c(-c2nc3cc(C(=O)NCCSc4ncn[nH]4)ccc3[nH]2)c1. The number of nitrogens with zero attached hydrogens (tertiary/aromatic N) is 4. The minimum absolute atomic E-state index is 0.0814. The molecule has 4 N–H and O–H groups in total. The number of thioether (sulfide) groups is 1. The van der Waals surface area contributed by atoms with Crippen LogP contribution in [0.25, 0.3) is 33.5 Å². The molecule has 0 aliphatic heterocycles. The summed E-state index contributed by atoms with van der Waals surface area (Å²) in [6.07, 6.45) is 3.10. The van der Waals surface area contributed by atoms with Gasteiger partial charge in [0.15, 0.2) is 5.16 Å². The van der Waals surface area contributed by atoms with Crippen molar-refractivity contribution in [3.8, 4) is 34.1 Å². The summed E-state index contributed by atoms with van der Waals surface area (Å²) in [6.45, 7) is 0.479. The summed E-state index contributed by atoms with van der Waals surface area (Å²) in [5.41, 5.74) is 4.02. The van der Waals surface area contributed by atoms with Crippen LogP contribution in [0, 0.1) is 0 Å². The minimum Gasteiger partial charge on any atom is -0.507 e. The Labute approximate surface area is 204 Å². The second kappa shape index (κ2) is 9.85. The van der Waals surface area contributed by atoms with Gasteiger partial charge in [0.25, 0.3) is 5.91 Å². The van der Waals surface area contributed by atoms with E-state index in [1.165, 1.54) is 18.1 Å². The van der Waals surface area contributed by atoms with Crippen molar-refractivity contribution in [1.29, 1.82) is 0 Å². The molecule has 11 heteroatoms. The van der Waals surface area contributed by atoms with Crippen LogP contribution in [0.2, 0.25) is 0 Å². The van der Waals surface area contributed by atoms with Crippen molar-refractivity contribution < 1.29 is 14.6 Å². The van der Waals surface area contributed by atoms with Crippen LogP contribution >= 0.6 is 11.8 Å². The van der Waals surface area contributed by atoms with Crippen LogP contribution in [0.3, 0.4) is 0 Å². The molecule has 3 aromatic heterocycles. The predicted molar refractivity (Wildman–Crippen MR) is 132 cm³/mol. The molecule has 0 atom stereocenters. The highest BCUT2D eigenvalue weighted by molar-refractivity contribution is 7.99. The number of amides is 1. The van der Waals surface area contributed by atoms with Crippen LogP contribution in [-0.2, 0) is 0 Å². The number of benzene rings is 2. The highest BCUT2D eigenvalue weighted by Gasteiger charge is 2.15. The Morgan fingerprint density at radius 2 is 2.06 bits per heavy atom. The number of phenols is 1. The summed E-state index contributed by atoms with van der Waals surface area (Å²) >= 11 is 1.47. The third-order valence-electron chi connectivity index (χ3n) is 5.29. The number of pyridine rings is 1. The van der Waals surface area contributed by atoms with Crippen molar-refractivity contribution in [3.63, 3.8) is 0 Å². The third kappa shape index (κ3) is 4.80. The zero-order chi connectivity index (χ0) is 24.2. The number of carbonyl (C=O) groups excluding carboxylic acids is 1. The number of hydrogen-bond acceptors (Lipinski definition) is 8. The fourth-order valence-electron chi connectivity index (χ4n) is 3.62. The Bertz CT molecular complexity index is 1480.